The number of ether oxygens (including phenoxy) is 1. The number of nitrogens with zero attached hydrogens (tertiary/aromatic N) is 1. The maximum absolute atomic E-state index is 14.3. The summed E-state index contributed by atoms with van der Waals surface area (Å²) in [5.41, 5.74) is -0.649. The van der Waals surface area contributed by atoms with Gasteiger partial charge in [-0.3, -0.25) is 19.2 Å². The van der Waals surface area contributed by atoms with Crippen LogP contribution in [0.3, 0.4) is 0 Å². The van der Waals surface area contributed by atoms with Crippen molar-refractivity contribution >= 4 is 29.7 Å². The average Bonchev–Trinajstić information content (AvgIpc) is 3.55. The Bertz CT molecular complexity index is 1020. The van der Waals surface area contributed by atoms with E-state index >= 15 is 0 Å². The van der Waals surface area contributed by atoms with Crippen molar-refractivity contribution in [1.29, 1.82) is 0 Å². The number of nitrogens with one attached hydrogen (secondary N) is 4. The van der Waals surface area contributed by atoms with Gasteiger partial charge >= 0.3 is 6.09 Å². The van der Waals surface area contributed by atoms with Crippen molar-refractivity contribution in [3.63, 3.8) is 0 Å². The molecule has 11 heteroatoms. The number of alkyl carbamates (subject to hydrolysis) is 1. The van der Waals surface area contributed by atoms with Crippen molar-refractivity contribution < 1.29 is 28.7 Å². The molecule has 0 aromatic rings. The van der Waals surface area contributed by atoms with E-state index in [0.717, 1.165) is 64.2 Å². The van der Waals surface area contributed by atoms with Gasteiger partial charge in [0.1, 0.15) is 24.2 Å². The van der Waals surface area contributed by atoms with Gasteiger partial charge < -0.3 is 30.9 Å². The lowest BCUT2D eigenvalue weighted by molar-refractivity contribution is -0.145. The summed E-state index contributed by atoms with van der Waals surface area (Å²) in [5, 5.41) is 11.5. The maximum atomic E-state index is 14.3. The summed E-state index contributed by atoms with van der Waals surface area (Å²) in [6.45, 7) is 13.9. The molecular weight excluding hydrogens is 562 g/mol. The van der Waals surface area contributed by atoms with E-state index in [9.17, 15) is 24.0 Å². The summed E-state index contributed by atoms with van der Waals surface area (Å²) in [6, 6.07) is -3.22. The van der Waals surface area contributed by atoms with Gasteiger partial charge in [0, 0.05) is 13.1 Å². The number of unbranched alkanes of at least 4 members (excludes halogenated alkanes) is 1. The van der Waals surface area contributed by atoms with E-state index in [0.29, 0.717) is 13.1 Å². The number of hydrogen-bond donors (Lipinski definition) is 4. The summed E-state index contributed by atoms with van der Waals surface area (Å²) in [5.74, 6) is -0.960. The topological polar surface area (TPSA) is 146 Å². The second-order valence-electron chi connectivity index (χ2n) is 14.4. The van der Waals surface area contributed by atoms with Crippen molar-refractivity contribution in [3.8, 4) is 0 Å². The summed E-state index contributed by atoms with van der Waals surface area (Å²) < 4.78 is 5.11. The van der Waals surface area contributed by atoms with E-state index in [1.807, 2.05) is 20.8 Å². The summed E-state index contributed by atoms with van der Waals surface area (Å²) in [4.78, 5) is 68.8. The second kappa shape index (κ2) is 15.9. The third-order valence-electron chi connectivity index (χ3n) is 9.44. The lowest BCUT2D eigenvalue weighted by atomic mass is 9.82. The molecule has 250 valence electrons. The van der Waals surface area contributed by atoms with E-state index in [2.05, 4.69) is 28.2 Å². The molecule has 11 nitrogen and oxygen atoms in total. The highest BCUT2D eigenvalue weighted by atomic mass is 16.6. The van der Waals surface area contributed by atoms with Gasteiger partial charge in [0.15, 0.2) is 0 Å². The van der Waals surface area contributed by atoms with Crippen LogP contribution in [0, 0.1) is 23.2 Å². The van der Waals surface area contributed by atoms with E-state index in [1.165, 1.54) is 0 Å². The SMILES string of the molecule is CCCCNC(=O)[C@@H]1[C@H]2CCC[C@H]2CN1C(=O)[C@@H](NC(=O)[C@@H](NC(=O)[C@@H](C)NC(=O)OC(C)C)C1CCCCC1)C(C)(C)C. The molecule has 0 unspecified atom stereocenters. The molecule has 0 aromatic heterocycles. The lowest BCUT2D eigenvalue weighted by Gasteiger charge is -2.38. The summed E-state index contributed by atoms with van der Waals surface area (Å²) >= 11 is 0. The molecule has 44 heavy (non-hydrogen) atoms. The van der Waals surface area contributed by atoms with Gasteiger partial charge in [0.05, 0.1) is 6.10 Å². The van der Waals surface area contributed by atoms with Gasteiger partial charge in [-0.05, 0) is 76.0 Å². The van der Waals surface area contributed by atoms with Gasteiger partial charge in [-0.25, -0.2) is 4.79 Å². The normalized spacial score (nSPS) is 24.2. The Hall–Kier alpha value is -2.85. The van der Waals surface area contributed by atoms with Crippen molar-refractivity contribution in [2.45, 2.75) is 143 Å². The van der Waals surface area contributed by atoms with Crippen LogP contribution in [-0.4, -0.2) is 78.0 Å². The van der Waals surface area contributed by atoms with Crippen LogP contribution in [0.25, 0.3) is 0 Å². The molecule has 1 heterocycles. The molecule has 3 fully saturated rings. The largest absolute Gasteiger partial charge is 0.447 e. The van der Waals surface area contributed by atoms with Crippen LogP contribution in [0.1, 0.15) is 113 Å². The number of carbonyl (C=O) groups excluding carboxylic acids is 5. The number of amides is 5. The minimum Gasteiger partial charge on any atom is -0.447 e. The molecule has 2 aliphatic carbocycles. The molecule has 3 aliphatic rings. The molecule has 0 bridgehead atoms. The number of rotatable bonds is 12. The molecule has 1 saturated heterocycles. The van der Waals surface area contributed by atoms with E-state index in [4.69, 9.17) is 4.74 Å². The average molecular weight is 620 g/mol. The first-order valence-corrected chi connectivity index (χ1v) is 16.9. The Morgan fingerprint density at radius 1 is 0.864 bits per heavy atom. The van der Waals surface area contributed by atoms with Crippen LogP contribution in [0.15, 0.2) is 0 Å². The van der Waals surface area contributed by atoms with E-state index in [1.54, 1.807) is 25.7 Å². The monoisotopic (exact) mass is 619 g/mol. The fourth-order valence-corrected chi connectivity index (χ4v) is 7.04. The zero-order valence-corrected chi connectivity index (χ0v) is 28.0. The quantitative estimate of drug-likeness (QED) is 0.245. The summed E-state index contributed by atoms with van der Waals surface area (Å²) in [6.07, 6.45) is 8.29. The number of hydrogen-bond acceptors (Lipinski definition) is 6. The lowest BCUT2D eigenvalue weighted by Crippen LogP contribution is -2.62. The first kappa shape index (κ1) is 35.6. The minimum absolute atomic E-state index is 0.0959. The predicted octanol–water partition coefficient (Wildman–Crippen LogP) is 3.65. The number of fused-ring (bicyclic) bond motifs is 1. The van der Waals surface area contributed by atoms with Gasteiger partial charge in [-0.2, -0.15) is 0 Å². The highest BCUT2D eigenvalue weighted by Gasteiger charge is 2.52. The molecule has 0 spiro atoms. The third kappa shape index (κ3) is 9.33. The van der Waals surface area contributed by atoms with Crippen LogP contribution in [0.5, 0.6) is 0 Å². The first-order chi connectivity index (χ1) is 20.7. The van der Waals surface area contributed by atoms with Crippen molar-refractivity contribution in [2.75, 3.05) is 13.1 Å². The van der Waals surface area contributed by atoms with Crippen LogP contribution >= 0.6 is 0 Å². The predicted molar refractivity (Wildman–Crippen MR) is 168 cm³/mol. The number of likely N-dealkylation sites (tertiary alicyclic amines) is 1. The maximum Gasteiger partial charge on any atom is 0.408 e. The zero-order valence-electron chi connectivity index (χ0n) is 28.0. The molecule has 3 rings (SSSR count). The Kier molecular flexibility index (Phi) is 12.9. The Morgan fingerprint density at radius 3 is 2.16 bits per heavy atom. The van der Waals surface area contributed by atoms with Gasteiger partial charge in [-0.15, -0.1) is 0 Å². The molecule has 4 N–H and O–H groups in total. The van der Waals surface area contributed by atoms with Crippen LogP contribution in [-0.2, 0) is 23.9 Å². The first-order valence-electron chi connectivity index (χ1n) is 16.9. The molecule has 5 amide bonds. The highest BCUT2D eigenvalue weighted by molar-refractivity contribution is 5.96. The molecule has 0 radical (unpaired) electrons. The molecule has 0 aromatic carbocycles. The Morgan fingerprint density at radius 2 is 1.55 bits per heavy atom. The minimum atomic E-state index is -0.920. The fraction of sp³-hybridized carbons (Fsp3) is 0.848. The van der Waals surface area contributed by atoms with Crippen LogP contribution in [0.2, 0.25) is 0 Å². The molecular formula is C33H57N5O6. The van der Waals surface area contributed by atoms with Gasteiger partial charge in [0.2, 0.25) is 23.6 Å². The van der Waals surface area contributed by atoms with E-state index in [-0.39, 0.29) is 35.7 Å². The standard InChI is InChI=1S/C33H57N5O6/c1-8-9-18-34-30(41)26-24-17-13-16-23(24)19-38(26)31(42)27(33(5,6)7)37-29(40)25(22-14-11-10-12-15-22)36-28(39)21(4)35-32(43)44-20(2)3/h20-27H,8-19H2,1-7H3,(H,34,41)(H,35,43)(H,36,39)(H,37,40)/t21-,23+,24+,25+,26+,27-/m1/s1. The molecule has 1 aliphatic heterocycles. The Labute approximate surface area is 263 Å². The summed E-state index contributed by atoms with van der Waals surface area (Å²) in [7, 11) is 0. The van der Waals surface area contributed by atoms with Crippen LogP contribution < -0.4 is 21.3 Å². The smallest absolute Gasteiger partial charge is 0.408 e. The van der Waals surface area contributed by atoms with Crippen molar-refractivity contribution in [2.24, 2.45) is 23.2 Å². The molecule has 2 saturated carbocycles. The third-order valence-corrected chi connectivity index (χ3v) is 9.44. The van der Waals surface area contributed by atoms with E-state index < -0.39 is 47.5 Å². The zero-order chi connectivity index (χ0) is 32.6. The second-order valence-corrected chi connectivity index (χ2v) is 14.4. The van der Waals surface area contributed by atoms with Gasteiger partial charge in [0.25, 0.3) is 0 Å². The fourth-order valence-electron chi connectivity index (χ4n) is 7.04. The highest BCUT2D eigenvalue weighted by Crippen LogP contribution is 2.43. The Balaban J connectivity index is 1.80. The van der Waals surface area contributed by atoms with Crippen LogP contribution in [0.4, 0.5) is 4.79 Å². The van der Waals surface area contributed by atoms with Crippen molar-refractivity contribution in [3.05, 3.63) is 0 Å². The number of carbonyl (C=O) groups is 5. The van der Waals surface area contributed by atoms with Crippen molar-refractivity contribution in [1.82, 2.24) is 26.2 Å². The molecule has 6 atom stereocenters. The van der Waals surface area contributed by atoms with Gasteiger partial charge in [-0.1, -0.05) is 59.8 Å².